The highest BCUT2D eigenvalue weighted by molar-refractivity contribution is 5.78. The molecule has 0 bridgehead atoms. The number of likely N-dealkylation sites (N-methyl/N-ethyl adjacent to an activating group) is 1. The normalized spacial score (nSPS) is 25.0. The monoisotopic (exact) mass is 377 g/mol. The first-order chi connectivity index (χ1) is 13.1. The second-order valence-electron chi connectivity index (χ2n) is 8.07. The minimum absolute atomic E-state index is 0.130. The standard InChI is InChI=1S/C20H35N5O2/c1-4-25-9-5-6-16(20(25)17-12-21-24(3)14-17)13-23(2)15-19(26)22-18-7-10-27-11-8-18/h12,14,16,18,20H,4-11,13,15H2,1-3H3,(H,22,26)/t16-,20+/m0/s1. The van der Waals surface area contributed by atoms with Crippen LogP contribution in [0.4, 0.5) is 0 Å². The molecule has 1 N–H and O–H groups in total. The first kappa shape index (κ1) is 20.3. The fourth-order valence-corrected chi connectivity index (χ4v) is 4.60. The van der Waals surface area contributed by atoms with Crippen molar-refractivity contribution in [2.24, 2.45) is 13.0 Å². The van der Waals surface area contributed by atoms with Crippen molar-refractivity contribution in [2.45, 2.75) is 44.7 Å². The first-order valence-electron chi connectivity index (χ1n) is 10.3. The number of amides is 1. The number of piperidine rings is 1. The molecule has 2 aliphatic rings. The van der Waals surface area contributed by atoms with Crippen LogP contribution in [0.25, 0.3) is 0 Å². The van der Waals surface area contributed by atoms with E-state index >= 15 is 0 Å². The number of hydrogen-bond donors (Lipinski definition) is 1. The van der Waals surface area contributed by atoms with E-state index in [1.165, 1.54) is 18.4 Å². The lowest BCUT2D eigenvalue weighted by atomic mass is 9.85. The predicted molar refractivity (Wildman–Crippen MR) is 105 cm³/mol. The fraction of sp³-hybridized carbons (Fsp3) is 0.800. The average Bonchev–Trinajstić information content (AvgIpc) is 3.08. The van der Waals surface area contributed by atoms with E-state index in [4.69, 9.17) is 4.74 Å². The van der Waals surface area contributed by atoms with Gasteiger partial charge in [-0.2, -0.15) is 5.10 Å². The Morgan fingerprint density at radius 2 is 2.15 bits per heavy atom. The second-order valence-corrected chi connectivity index (χ2v) is 8.07. The van der Waals surface area contributed by atoms with Crippen LogP contribution in [0.2, 0.25) is 0 Å². The molecule has 0 aliphatic carbocycles. The Balaban J connectivity index is 1.57. The molecule has 7 heteroatoms. The van der Waals surface area contributed by atoms with Gasteiger partial charge in [-0.15, -0.1) is 0 Å². The van der Waals surface area contributed by atoms with Crippen molar-refractivity contribution in [3.8, 4) is 0 Å². The smallest absolute Gasteiger partial charge is 0.234 e. The van der Waals surface area contributed by atoms with Crippen LogP contribution < -0.4 is 5.32 Å². The van der Waals surface area contributed by atoms with Gasteiger partial charge in [0.2, 0.25) is 5.91 Å². The van der Waals surface area contributed by atoms with Gasteiger partial charge in [-0.1, -0.05) is 6.92 Å². The highest BCUT2D eigenvalue weighted by Crippen LogP contribution is 2.36. The maximum atomic E-state index is 12.4. The summed E-state index contributed by atoms with van der Waals surface area (Å²) in [6, 6.07) is 0.659. The SMILES string of the molecule is CCN1CCC[C@@H](CN(C)CC(=O)NC2CCOCC2)[C@@H]1c1cnn(C)c1. The van der Waals surface area contributed by atoms with E-state index in [0.29, 0.717) is 18.5 Å². The van der Waals surface area contributed by atoms with Crippen LogP contribution in [0.1, 0.15) is 44.2 Å². The van der Waals surface area contributed by atoms with Crippen LogP contribution in [0.15, 0.2) is 12.4 Å². The summed E-state index contributed by atoms with van der Waals surface area (Å²) >= 11 is 0. The number of nitrogens with zero attached hydrogens (tertiary/aromatic N) is 4. The van der Waals surface area contributed by atoms with E-state index in [-0.39, 0.29) is 11.9 Å². The molecule has 1 amide bonds. The molecule has 152 valence electrons. The maximum Gasteiger partial charge on any atom is 0.234 e. The third-order valence-electron chi connectivity index (χ3n) is 5.88. The number of aryl methyl sites for hydroxylation is 1. The molecule has 2 aliphatic heterocycles. The molecular weight excluding hydrogens is 342 g/mol. The summed E-state index contributed by atoms with van der Waals surface area (Å²) in [5.74, 6) is 0.647. The Bertz CT molecular complexity index is 599. The van der Waals surface area contributed by atoms with E-state index in [0.717, 1.165) is 45.7 Å². The van der Waals surface area contributed by atoms with Crippen LogP contribution in [0.3, 0.4) is 0 Å². The van der Waals surface area contributed by atoms with Crippen molar-refractivity contribution in [3.05, 3.63) is 18.0 Å². The lowest BCUT2D eigenvalue weighted by Crippen LogP contribution is -2.46. The van der Waals surface area contributed by atoms with Gasteiger partial charge in [0.25, 0.3) is 0 Å². The van der Waals surface area contributed by atoms with Gasteiger partial charge in [0, 0.05) is 50.7 Å². The molecule has 3 rings (SSSR count). The zero-order valence-corrected chi connectivity index (χ0v) is 17.1. The summed E-state index contributed by atoms with van der Waals surface area (Å²) in [5.41, 5.74) is 1.30. The van der Waals surface area contributed by atoms with Crippen molar-refractivity contribution in [2.75, 3.05) is 46.4 Å². The number of nitrogens with one attached hydrogen (secondary N) is 1. The number of aromatic nitrogens is 2. The number of hydrogen-bond acceptors (Lipinski definition) is 5. The van der Waals surface area contributed by atoms with Gasteiger partial charge in [0.05, 0.1) is 12.7 Å². The minimum atomic E-state index is 0.130. The Hall–Kier alpha value is -1.44. The summed E-state index contributed by atoms with van der Waals surface area (Å²) < 4.78 is 7.25. The van der Waals surface area contributed by atoms with Crippen molar-refractivity contribution >= 4 is 5.91 Å². The molecular formula is C20H35N5O2. The lowest BCUT2D eigenvalue weighted by molar-refractivity contribution is -0.123. The summed E-state index contributed by atoms with van der Waals surface area (Å²) in [6.45, 7) is 7.31. The van der Waals surface area contributed by atoms with E-state index in [1.54, 1.807) is 0 Å². The molecule has 0 radical (unpaired) electrons. The molecule has 2 atom stereocenters. The molecule has 0 aromatic carbocycles. The maximum absolute atomic E-state index is 12.4. The van der Waals surface area contributed by atoms with E-state index < -0.39 is 0 Å². The summed E-state index contributed by atoms with van der Waals surface area (Å²) in [7, 11) is 4.04. The molecule has 3 heterocycles. The zero-order valence-electron chi connectivity index (χ0n) is 17.1. The predicted octanol–water partition coefficient (Wildman–Crippen LogP) is 1.42. The molecule has 2 saturated heterocycles. The largest absolute Gasteiger partial charge is 0.381 e. The first-order valence-corrected chi connectivity index (χ1v) is 10.3. The van der Waals surface area contributed by atoms with Gasteiger partial charge in [-0.3, -0.25) is 19.3 Å². The molecule has 1 aromatic heterocycles. The van der Waals surface area contributed by atoms with Gasteiger partial charge in [-0.25, -0.2) is 0 Å². The number of carbonyl (C=O) groups is 1. The Kier molecular flexibility index (Phi) is 7.26. The fourth-order valence-electron chi connectivity index (χ4n) is 4.60. The molecule has 27 heavy (non-hydrogen) atoms. The third-order valence-corrected chi connectivity index (χ3v) is 5.88. The Labute approximate surface area is 163 Å². The van der Waals surface area contributed by atoms with Gasteiger partial charge in [0.15, 0.2) is 0 Å². The van der Waals surface area contributed by atoms with E-state index in [9.17, 15) is 4.79 Å². The molecule has 0 saturated carbocycles. The summed E-state index contributed by atoms with van der Waals surface area (Å²) in [5, 5.41) is 7.56. The highest BCUT2D eigenvalue weighted by Gasteiger charge is 2.33. The minimum Gasteiger partial charge on any atom is -0.381 e. The van der Waals surface area contributed by atoms with Crippen LogP contribution >= 0.6 is 0 Å². The molecule has 1 aromatic rings. The summed E-state index contributed by atoms with van der Waals surface area (Å²) in [6.07, 6.45) is 8.41. The topological polar surface area (TPSA) is 62.6 Å². The van der Waals surface area contributed by atoms with Crippen molar-refractivity contribution < 1.29 is 9.53 Å². The van der Waals surface area contributed by atoms with Gasteiger partial charge in [0.1, 0.15) is 0 Å². The number of rotatable bonds is 7. The third kappa shape index (κ3) is 5.53. The van der Waals surface area contributed by atoms with Gasteiger partial charge in [-0.05, 0) is 51.7 Å². The van der Waals surface area contributed by atoms with Gasteiger partial charge < -0.3 is 10.1 Å². The average molecular weight is 378 g/mol. The van der Waals surface area contributed by atoms with Crippen molar-refractivity contribution in [1.29, 1.82) is 0 Å². The number of likely N-dealkylation sites (tertiary alicyclic amines) is 1. The molecule has 0 unspecified atom stereocenters. The van der Waals surface area contributed by atoms with Crippen LogP contribution in [-0.4, -0.2) is 78.0 Å². The zero-order chi connectivity index (χ0) is 19.2. The molecule has 0 spiro atoms. The Morgan fingerprint density at radius 3 is 2.81 bits per heavy atom. The van der Waals surface area contributed by atoms with Crippen LogP contribution in [0.5, 0.6) is 0 Å². The van der Waals surface area contributed by atoms with Gasteiger partial charge >= 0.3 is 0 Å². The Morgan fingerprint density at radius 1 is 1.37 bits per heavy atom. The van der Waals surface area contributed by atoms with Crippen LogP contribution in [-0.2, 0) is 16.6 Å². The number of ether oxygens (including phenoxy) is 1. The van der Waals surface area contributed by atoms with E-state index in [1.807, 2.05) is 17.9 Å². The highest BCUT2D eigenvalue weighted by atomic mass is 16.5. The van der Waals surface area contributed by atoms with Crippen molar-refractivity contribution in [3.63, 3.8) is 0 Å². The molecule has 7 nitrogen and oxygen atoms in total. The quantitative estimate of drug-likeness (QED) is 0.779. The summed E-state index contributed by atoms with van der Waals surface area (Å²) in [4.78, 5) is 17.2. The lowest BCUT2D eigenvalue weighted by Gasteiger charge is -2.42. The second kappa shape index (κ2) is 9.66. The van der Waals surface area contributed by atoms with Crippen LogP contribution in [0, 0.1) is 5.92 Å². The van der Waals surface area contributed by atoms with E-state index in [2.05, 4.69) is 40.4 Å². The number of carbonyl (C=O) groups excluding carboxylic acids is 1. The molecule has 2 fully saturated rings. The van der Waals surface area contributed by atoms with Crippen molar-refractivity contribution in [1.82, 2.24) is 24.9 Å².